The van der Waals surface area contributed by atoms with Crippen molar-refractivity contribution in [1.29, 1.82) is 0 Å². The third-order valence-electron chi connectivity index (χ3n) is 7.69. The molecule has 0 spiro atoms. The van der Waals surface area contributed by atoms with Crippen LogP contribution in [0.4, 0.5) is 0 Å². The van der Waals surface area contributed by atoms with Crippen LogP contribution in [0.3, 0.4) is 0 Å². The van der Waals surface area contributed by atoms with E-state index in [4.69, 9.17) is 12.8 Å². The van der Waals surface area contributed by atoms with Crippen LogP contribution in [0, 0.1) is 0 Å². The Morgan fingerprint density at radius 1 is 1.08 bits per heavy atom. The number of imidazole rings is 1. The fraction of sp³-hybridized carbons (Fsp3) is 0.448. The van der Waals surface area contributed by atoms with Gasteiger partial charge in [-0.05, 0) is 77.2 Å². The molecule has 0 bridgehead atoms. The summed E-state index contributed by atoms with van der Waals surface area (Å²) in [5.41, 5.74) is 6.46. The lowest BCUT2D eigenvalue weighted by Gasteiger charge is -2.31. The third-order valence-corrected chi connectivity index (χ3v) is 8.74. The number of piperidine rings is 1. The van der Waals surface area contributed by atoms with Crippen LogP contribution >= 0.6 is 11.3 Å². The number of nitrogens with zero attached hydrogens (tertiary/aromatic N) is 5. The van der Waals surface area contributed by atoms with Crippen molar-refractivity contribution in [1.82, 2.24) is 24.4 Å². The molecule has 0 atom stereocenters. The molecule has 3 aromatic heterocycles. The Morgan fingerprint density at radius 2 is 1.86 bits per heavy atom. The number of hydrogen-bond donors (Lipinski definition) is 0. The molecular formula is C29H32BN5OS. The lowest BCUT2D eigenvalue weighted by atomic mass is 9.83. The molecule has 6 rings (SSSR count). The number of pyridine rings is 1. The number of aromatic nitrogens is 4. The number of fused-ring (bicyclic) bond motifs is 1. The second kappa shape index (κ2) is 9.39. The number of amides is 1. The van der Waals surface area contributed by atoms with Crippen molar-refractivity contribution in [2.75, 3.05) is 13.1 Å². The van der Waals surface area contributed by atoms with E-state index in [1.807, 2.05) is 21.6 Å². The molecule has 2 fully saturated rings. The Morgan fingerprint density at radius 3 is 2.59 bits per heavy atom. The minimum Gasteiger partial charge on any atom is -0.341 e. The fourth-order valence-corrected chi connectivity index (χ4v) is 6.26. The standard InChI is InChI=1S/C29H32BN5OS/c1-29(2,3)22-14-20(18-6-7-18)13-21(15-22)25-26(30)37-28(33-25)19-8-11-34(12-9-19)24(36)16-35-17-32-23-5-4-10-31-27(23)35/h4-5,10,13-15,17-19H,6-9,11-12,16H2,1-3H3. The predicted molar refractivity (Wildman–Crippen MR) is 150 cm³/mol. The summed E-state index contributed by atoms with van der Waals surface area (Å²) < 4.78 is 2.62. The summed E-state index contributed by atoms with van der Waals surface area (Å²) in [4.78, 5) is 28.8. The quantitative estimate of drug-likeness (QED) is 0.358. The second-order valence-electron chi connectivity index (χ2n) is 11.5. The molecule has 0 N–H and O–H groups in total. The zero-order valence-electron chi connectivity index (χ0n) is 21.8. The van der Waals surface area contributed by atoms with Crippen LogP contribution in [0.5, 0.6) is 0 Å². The number of carbonyl (C=O) groups is 1. The van der Waals surface area contributed by atoms with Gasteiger partial charge >= 0.3 is 0 Å². The van der Waals surface area contributed by atoms with Gasteiger partial charge in [0.15, 0.2) is 5.65 Å². The van der Waals surface area contributed by atoms with Crippen LogP contribution in [-0.4, -0.2) is 51.3 Å². The summed E-state index contributed by atoms with van der Waals surface area (Å²) in [6.07, 6.45) is 7.78. The molecule has 4 heterocycles. The van der Waals surface area contributed by atoms with E-state index in [9.17, 15) is 4.79 Å². The number of carbonyl (C=O) groups excluding carboxylic acids is 1. The Labute approximate surface area is 223 Å². The van der Waals surface area contributed by atoms with Crippen LogP contribution in [0.15, 0.2) is 42.9 Å². The number of benzene rings is 1. The molecule has 1 saturated heterocycles. The van der Waals surface area contributed by atoms with Crippen molar-refractivity contribution in [3.8, 4) is 11.3 Å². The Balaban J connectivity index is 1.16. The van der Waals surface area contributed by atoms with Gasteiger partial charge in [0, 0.05) is 30.8 Å². The van der Waals surface area contributed by atoms with E-state index in [1.54, 1.807) is 23.9 Å². The van der Waals surface area contributed by atoms with Crippen LogP contribution < -0.4 is 4.78 Å². The van der Waals surface area contributed by atoms with Gasteiger partial charge in [0.05, 0.1) is 17.0 Å². The van der Waals surface area contributed by atoms with E-state index in [0.29, 0.717) is 11.8 Å². The first-order valence-corrected chi connectivity index (χ1v) is 14.0. The maximum atomic E-state index is 13.0. The van der Waals surface area contributed by atoms with Gasteiger partial charge in [-0.25, -0.2) is 15.0 Å². The average Bonchev–Trinajstić information content (AvgIpc) is 3.56. The zero-order valence-corrected chi connectivity index (χ0v) is 22.6. The van der Waals surface area contributed by atoms with E-state index in [-0.39, 0.29) is 17.9 Å². The minimum atomic E-state index is 0.0751. The SMILES string of the molecule is [B]c1sc(C2CCN(C(=O)Cn3cnc4cccnc43)CC2)nc1-c1cc(C2CC2)cc(C(C)(C)C)c1. The highest BCUT2D eigenvalue weighted by Crippen LogP contribution is 2.43. The molecule has 8 heteroatoms. The first-order chi connectivity index (χ1) is 17.8. The number of likely N-dealkylation sites (tertiary alicyclic amines) is 1. The number of hydrogen-bond acceptors (Lipinski definition) is 5. The normalized spacial score (nSPS) is 17.0. The minimum absolute atomic E-state index is 0.0751. The molecule has 1 amide bonds. The van der Waals surface area contributed by atoms with E-state index in [0.717, 1.165) is 58.1 Å². The molecule has 6 nitrogen and oxygen atoms in total. The maximum absolute atomic E-state index is 13.0. The average molecular weight is 509 g/mol. The lowest BCUT2D eigenvalue weighted by molar-refractivity contribution is -0.132. The van der Waals surface area contributed by atoms with E-state index < -0.39 is 0 Å². The Hall–Kier alpha value is -3.00. The fourth-order valence-electron chi connectivity index (χ4n) is 5.24. The molecule has 188 valence electrons. The predicted octanol–water partition coefficient (Wildman–Crippen LogP) is 4.93. The number of rotatable bonds is 5. The van der Waals surface area contributed by atoms with Gasteiger partial charge in [0.1, 0.15) is 19.9 Å². The monoisotopic (exact) mass is 509 g/mol. The Bertz CT molecular complexity index is 1460. The summed E-state index contributed by atoms with van der Waals surface area (Å²) in [6, 6.07) is 10.7. The summed E-state index contributed by atoms with van der Waals surface area (Å²) in [6.45, 7) is 8.51. The van der Waals surface area contributed by atoms with E-state index in [1.165, 1.54) is 24.0 Å². The first kappa shape index (κ1) is 24.3. The highest BCUT2D eigenvalue weighted by Gasteiger charge is 2.29. The molecular weight excluding hydrogens is 477 g/mol. The molecule has 0 unspecified atom stereocenters. The Kier molecular flexibility index (Phi) is 6.18. The maximum Gasteiger partial charge on any atom is 0.242 e. The smallest absolute Gasteiger partial charge is 0.242 e. The third kappa shape index (κ3) is 4.96. The molecule has 4 aromatic rings. The highest BCUT2D eigenvalue weighted by molar-refractivity contribution is 7.20. The van der Waals surface area contributed by atoms with Gasteiger partial charge in [0.25, 0.3) is 0 Å². The first-order valence-electron chi connectivity index (χ1n) is 13.2. The van der Waals surface area contributed by atoms with E-state index in [2.05, 4.69) is 48.9 Å². The van der Waals surface area contributed by atoms with Crippen molar-refractivity contribution in [3.05, 3.63) is 59.0 Å². The van der Waals surface area contributed by atoms with Crippen LogP contribution in [0.1, 0.15) is 74.4 Å². The molecule has 2 radical (unpaired) electrons. The van der Waals surface area contributed by atoms with Crippen molar-refractivity contribution in [3.63, 3.8) is 0 Å². The second-order valence-corrected chi connectivity index (χ2v) is 12.6. The summed E-state index contributed by atoms with van der Waals surface area (Å²) in [5, 5.41) is 1.10. The van der Waals surface area contributed by atoms with Crippen molar-refractivity contribution in [2.45, 2.75) is 70.3 Å². The van der Waals surface area contributed by atoms with E-state index >= 15 is 0 Å². The van der Waals surface area contributed by atoms with Crippen molar-refractivity contribution < 1.29 is 4.79 Å². The molecule has 1 saturated carbocycles. The van der Waals surface area contributed by atoms with Crippen LogP contribution in [0.2, 0.25) is 0 Å². The summed E-state index contributed by atoms with van der Waals surface area (Å²) >= 11 is 1.62. The highest BCUT2D eigenvalue weighted by atomic mass is 32.1. The number of thiazole rings is 1. The van der Waals surface area contributed by atoms with Crippen LogP contribution in [-0.2, 0) is 16.8 Å². The molecule has 1 aromatic carbocycles. The topological polar surface area (TPSA) is 63.9 Å². The van der Waals surface area contributed by atoms with Crippen molar-refractivity contribution >= 4 is 41.0 Å². The van der Waals surface area contributed by atoms with Crippen LogP contribution in [0.25, 0.3) is 22.4 Å². The van der Waals surface area contributed by atoms with Gasteiger partial charge < -0.3 is 9.47 Å². The van der Waals surface area contributed by atoms with Gasteiger partial charge in [0.2, 0.25) is 5.91 Å². The van der Waals surface area contributed by atoms with Gasteiger partial charge in [-0.15, -0.1) is 11.3 Å². The lowest BCUT2D eigenvalue weighted by Crippen LogP contribution is -2.39. The van der Waals surface area contributed by atoms with Crippen molar-refractivity contribution in [2.24, 2.45) is 0 Å². The molecule has 2 aliphatic rings. The summed E-state index contributed by atoms with van der Waals surface area (Å²) in [5.74, 6) is 1.11. The van der Waals surface area contributed by atoms with Gasteiger partial charge in [-0.2, -0.15) is 0 Å². The summed E-state index contributed by atoms with van der Waals surface area (Å²) in [7, 11) is 6.55. The molecule has 1 aliphatic heterocycles. The van der Waals surface area contributed by atoms with Gasteiger partial charge in [-0.1, -0.05) is 26.8 Å². The largest absolute Gasteiger partial charge is 0.341 e. The molecule has 1 aliphatic carbocycles. The zero-order chi connectivity index (χ0) is 25.7. The van der Waals surface area contributed by atoms with Gasteiger partial charge in [-0.3, -0.25) is 4.79 Å². The molecule has 37 heavy (non-hydrogen) atoms.